The molecule has 0 spiro atoms. The Bertz CT molecular complexity index is 296. The molecule has 12 heavy (non-hydrogen) atoms. The number of hydrogen-bond acceptors (Lipinski definition) is 1. The molecular weight excluding hydrogens is 223 g/mol. The highest BCUT2D eigenvalue weighted by molar-refractivity contribution is 9.10. The van der Waals surface area contributed by atoms with Crippen LogP contribution in [0.4, 0.5) is 4.39 Å². The molecule has 0 aliphatic rings. The molecule has 1 rings (SSSR count). The summed E-state index contributed by atoms with van der Waals surface area (Å²) in [4.78, 5) is 10.9. The summed E-state index contributed by atoms with van der Waals surface area (Å²) in [5.41, 5.74) is 0.141. The van der Waals surface area contributed by atoms with Gasteiger partial charge in [-0.1, -0.05) is 28.1 Å². The van der Waals surface area contributed by atoms with E-state index >= 15 is 0 Å². The number of alkyl halides is 1. The number of benzene rings is 1. The molecule has 0 aromatic heterocycles. The van der Waals surface area contributed by atoms with Crippen LogP contribution >= 0.6 is 15.9 Å². The first-order valence-corrected chi connectivity index (χ1v) is 4.47. The van der Waals surface area contributed by atoms with Gasteiger partial charge in [0, 0.05) is 0 Å². The number of ketones is 1. The van der Waals surface area contributed by atoms with Gasteiger partial charge in [-0.3, -0.25) is 4.79 Å². The molecule has 0 saturated heterocycles. The maximum atomic E-state index is 13.0. The molecule has 3 heteroatoms. The van der Waals surface area contributed by atoms with E-state index in [1.165, 1.54) is 12.1 Å². The van der Waals surface area contributed by atoms with Crippen LogP contribution in [-0.2, 0) is 0 Å². The lowest BCUT2D eigenvalue weighted by Gasteiger charge is -2.02. The average molecular weight is 231 g/mol. The molecule has 1 nitrogen and oxygen atoms in total. The number of carbonyl (C=O) groups excluding carboxylic acids is 1. The zero-order valence-corrected chi connectivity index (χ0v) is 8.14. The minimum atomic E-state index is -0.464. The van der Waals surface area contributed by atoms with Crippen molar-refractivity contribution in [2.45, 2.75) is 11.8 Å². The van der Waals surface area contributed by atoms with Gasteiger partial charge in [-0.25, -0.2) is 4.39 Å². The van der Waals surface area contributed by atoms with Gasteiger partial charge in [-0.15, -0.1) is 0 Å². The van der Waals surface area contributed by atoms with Gasteiger partial charge in [-0.2, -0.15) is 0 Å². The van der Waals surface area contributed by atoms with Crippen molar-refractivity contribution in [3.63, 3.8) is 0 Å². The number of Topliss-reactive ketones (excluding diaryl/α,β-unsaturated/α-hetero) is 1. The predicted molar refractivity (Wildman–Crippen MR) is 49.1 cm³/mol. The molecule has 0 saturated carbocycles. The minimum Gasteiger partial charge on any atom is -0.293 e. The largest absolute Gasteiger partial charge is 0.293 e. The lowest BCUT2D eigenvalue weighted by atomic mass is 10.1. The molecule has 0 aliphatic carbocycles. The van der Waals surface area contributed by atoms with Crippen molar-refractivity contribution in [2.24, 2.45) is 0 Å². The van der Waals surface area contributed by atoms with Gasteiger partial charge in [0.05, 0.1) is 10.4 Å². The first-order chi connectivity index (χ1) is 5.63. The Morgan fingerprint density at radius 3 is 2.58 bits per heavy atom. The molecule has 0 N–H and O–H groups in total. The van der Waals surface area contributed by atoms with Crippen molar-refractivity contribution in [1.29, 1.82) is 0 Å². The molecule has 0 radical (unpaired) electrons. The lowest BCUT2D eigenvalue weighted by Crippen LogP contribution is -2.11. The van der Waals surface area contributed by atoms with Gasteiger partial charge in [0.1, 0.15) is 5.82 Å². The van der Waals surface area contributed by atoms with E-state index in [9.17, 15) is 9.18 Å². The number of rotatable bonds is 2. The third-order valence-electron chi connectivity index (χ3n) is 1.50. The fraction of sp³-hybridized carbons (Fsp3) is 0.222. The predicted octanol–water partition coefficient (Wildman–Crippen LogP) is 2.79. The summed E-state index contributed by atoms with van der Waals surface area (Å²) >= 11 is 3.09. The van der Waals surface area contributed by atoms with Crippen LogP contribution in [0.1, 0.15) is 17.3 Å². The zero-order valence-electron chi connectivity index (χ0n) is 6.55. The molecule has 1 unspecified atom stereocenters. The summed E-state index contributed by atoms with van der Waals surface area (Å²) in [6.07, 6.45) is 0. The van der Waals surface area contributed by atoms with E-state index in [1.807, 2.05) is 0 Å². The van der Waals surface area contributed by atoms with E-state index in [1.54, 1.807) is 19.1 Å². The van der Waals surface area contributed by atoms with Crippen molar-refractivity contribution in [3.05, 3.63) is 35.6 Å². The van der Waals surface area contributed by atoms with Crippen LogP contribution in [0.2, 0.25) is 0 Å². The normalized spacial score (nSPS) is 12.6. The van der Waals surface area contributed by atoms with Crippen molar-refractivity contribution < 1.29 is 9.18 Å². The van der Waals surface area contributed by atoms with E-state index in [-0.39, 0.29) is 16.2 Å². The third kappa shape index (κ3) is 1.91. The van der Waals surface area contributed by atoms with E-state index in [0.717, 1.165) is 0 Å². The first kappa shape index (κ1) is 9.39. The minimum absolute atomic E-state index is 0.141. The van der Waals surface area contributed by atoms with E-state index in [4.69, 9.17) is 0 Å². The Morgan fingerprint density at radius 1 is 1.50 bits per heavy atom. The molecule has 64 valence electrons. The third-order valence-corrected chi connectivity index (χ3v) is 1.92. The Kier molecular flexibility index (Phi) is 2.98. The molecule has 0 aliphatic heterocycles. The van der Waals surface area contributed by atoms with E-state index in [0.29, 0.717) is 0 Å². The van der Waals surface area contributed by atoms with Crippen molar-refractivity contribution in [2.75, 3.05) is 0 Å². The number of halogens is 2. The lowest BCUT2D eigenvalue weighted by molar-refractivity contribution is 0.0992. The second-order valence-electron chi connectivity index (χ2n) is 2.46. The van der Waals surface area contributed by atoms with Crippen molar-refractivity contribution >= 4 is 21.7 Å². The molecule has 0 bridgehead atoms. The topological polar surface area (TPSA) is 17.1 Å². The smallest absolute Gasteiger partial charge is 0.179 e. The summed E-state index contributed by atoms with van der Waals surface area (Å²) < 4.78 is 13.0. The van der Waals surface area contributed by atoms with Crippen LogP contribution in [-0.4, -0.2) is 10.6 Å². The van der Waals surface area contributed by atoms with Crippen LogP contribution in [0.5, 0.6) is 0 Å². The molecule has 1 atom stereocenters. The Morgan fingerprint density at radius 2 is 2.08 bits per heavy atom. The summed E-state index contributed by atoms with van der Waals surface area (Å²) in [6.45, 7) is 1.68. The summed E-state index contributed by atoms with van der Waals surface area (Å²) in [5.74, 6) is -0.693. The molecule has 1 aromatic rings. The van der Waals surface area contributed by atoms with Gasteiger partial charge in [-0.05, 0) is 19.1 Å². The SMILES string of the molecule is CC(Br)C(=O)c1ccccc1F. The summed E-state index contributed by atoms with van der Waals surface area (Å²) in [6, 6.07) is 5.97. The van der Waals surface area contributed by atoms with Gasteiger partial charge in [0.15, 0.2) is 5.78 Å². The highest BCUT2D eigenvalue weighted by Gasteiger charge is 2.14. The Hall–Kier alpha value is -0.700. The van der Waals surface area contributed by atoms with Crippen molar-refractivity contribution in [1.82, 2.24) is 0 Å². The number of hydrogen-bond donors (Lipinski definition) is 0. The fourth-order valence-corrected chi connectivity index (χ4v) is 1.12. The van der Waals surface area contributed by atoms with Crippen LogP contribution in [0, 0.1) is 5.82 Å². The first-order valence-electron chi connectivity index (χ1n) is 3.55. The summed E-state index contributed by atoms with van der Waals surface area (Å²) in [5, 5.41) is 0. The van der Waals surface area contributed by atoms with Crippen LogP contribution in [0.3, 0.4) is 0 Å². The zero-order chi connectivity index (χ0) is 9.14. The quantitative estimate of drug-likeness (QED) is 0.565. The van der Waals surface area contributed by atoms with E-state index in [2.05, 4.69) is 15.9 Å². The van der Waals surface area contributed by atoms with E-state index < -0.39 is 5.82 Å². The van der Waals surface area contributed by atoms with Gasteiger partial charge in [0.25, 0.3) is 0 Å². The van der Waals surface area contributed by atoms with Gasteiger partial charge >= 0.3 is 0 Å². The molecule has 1 aromatic carbocycles. The van der Waals surface area contributed by atoms with Crippen LogP contribution < -0.4 is 0 Å². The van der Waals surface area contributed by atoms with Crippen LogP contribution in [0.25, 0.3) is 0 Å². The summed E-state index contributed by atoms with van der Waals surface area (Å²) in [7, 11) is 0. The number of carbonyl (C=O) groups is 1. The van der Waals surface area contributed by atoms with Crippen molar-refractivity contribution in [3.8, 4) is 0 Å². The van der Waals surface area contributed by atoms with Gasteiger partial charge < -0.3 is 0 Å². The molecular formula is C9H8BrFO. The van der Waals surface area contributed by atoms with Gasteiger partial charge in [0.2, 0.25) is 0 Å². The second kappa shape index (κ2) is 3.81. The maximum Gasteiger partial charge on any atom is 0.179 e. The van der Waals surface area contributed by atoms with Crippen LogP contribution in [0.15, 0.2) is 24.3 Å². The second-order valence-corrected chi connectivity index (χ2v) is 3.83. The average Bonchev–Trinajstić information content (AvgIpc) is 2.04. The Labute approximate surface area is 78.7 Å². The molecule has 0 fully saturated rings. The fourth-order valence-electron chi connectivity index (χ4n) is 0.875. The standard InChI is InChI=1S/C9H8BrFO/c1-6(10)9(12)7-4-2-3-5-8(7)11/h2-6H,1H3. The molecule has 0 amide bonds. The Balaban J connectivity index is 3.03. The maximum absolute atomic E-state index is 13.0. The highest BCUT2D eigenvalue weighted by atomic mass is 79.9. The highest BCUT2D eigenvalue weighted by Crippen LogP contribution is 2.12. The monoisotopic (exact) mass is 230 g/mol. The molecule has 0 heterocycles.